The second kappa shape index (κ2) is 7.22. The molecular formula is C13H15NO3. The Morgan fingerprint density at radius 2 is 1.94 bits per heavy atom. The second-order valence-corrected chi connectivity index (χ2v) is 3.52. The summed E-state index contributed by atoms with van der Waals surface area (Å²) >= 11 is 0. The molecule has 0 saturated carbocycles. The zero-order valence-electron chi connectivity index (χ0n) is 9.45. The molecule has 1 rings (SSSR count). The van der Waals surface area contributed by atoms with Crippen molar-refractivity contribution in [2.24, 2.45) is 0 Å². The van der Waals surface area contributed by atoms with Gasteiger partial charge in [-0.3, -0.25) is 9.59 Å². The molecule has 4 heteroatoms. The van der Waals surface area contributed by atoms with E-state index >= 15 is 0 Å². The number of hydrogen-bond acceptors (Lipinski definition) is 2. The lowest BCUT2D eigenvalue weighted by Crippen LogP contribution is -2.22. The number of aliphatic carboxylic acids is 1. The van der Waals surface area contributed by atoms with Crippen molar-refractivity contribution in [3.8, 4) is 0 Å². The average Bonchev–Trinajstić information content (AvgIpc) is 2.25. The maximum atomic E-state index is 10.9. The highest BCUT2D eigenvalue weighted by atomic mass is 16.4. The molecule has 0 aromatic heterocycles. The van der Waals surface area contributed by atoms with Crippen molar-refractivity contribution in [1.29, 1.82) is 0 Å². The van der Waals surface area contributed by atoms with Gasteiger partial charge in [-0.2, -0.15) is 0 Å². The van der Waals surface area contributed by atoms with Crippen molar-refractivity contribution in [2.75, 3.05) is 6.54 Å². The summed E-state index contributed by atoms with van der Waals surface area (Å²) in [7, 11) is 0. The van der Waals surface area contributed by atoms with E-state index in [0.29, 0.717) is 13.0 Å². The van der Waals surface area contributed by atoms with Crippen LogP contribution in [-0.4, -0.2) is 28.9 Å². The van der Waals surface area contributed by atoms with Crippen molar-refractivity contribution >= 4 is 12.4 Å². The number of carbonyl (C=O) groups excluding carboxylic acids is 1. The van der Waals surface area contributed by atoms with Crippen LogP contribution in [-0.2, 0) is 9.59 Å². The number of allylic oxidation sites excluding steroid dienone is 7. The zero-order valence-corrected chi connectivity index (χ0v) is 9.45. The molecule has 1 aliphatic carbocycles. The van der Waals surface area contributed by atoms with Crippen LogP contribution in [0.5, 0.6) is 0 Å². The minimum atomic E-state index is -0.846. The Labute approximate surface area is 100 Å². The van der Waals surface area contributed by atoms with Gasteiger partial charge in [-0.15, -0.1) is 0 Å². The molecule has 90 valence electrons. The highest BCUT2D eigenvalue weighted by Gasteiger charge is 2.06. The number of hydrogen-bond donors (Lipinski definition) is 1. The van der Waals surface area contributed by atoms with E-state index in [1.807, 2.05) is 42.5 Å². The van der Waals surface area contributed by atoms with Gasteiger partial charge in [0.1, 0.15) is 0 Å². The van der Waals surface area contributed by atoms with Gasteiger partial charge in [-0.05, 0) is 18.6 Å². The zero-order chi connectivity index (χ0) is 12.5. The van der Waals surface area contributed by atoms with E-state index in [-0.39, 0.29) is 6.42 Å². The van der Waals surface area contributed by atoms with Gasteiger partial charge in [-0.25, -0.2) is 0 Å². The summed E-state index contributed by atoms with van der Waals surface area (Å²) in [5, 5.41) is 8.54. The summed E-state index contributed by atoms with van der Waals surface area (Å²) in [6.07, 6.45) is 14.1. The van der Waals surface area contributed by atoms with E-state index in [4.69, 9.17) is 5.11 Å². The monoisotopic (exact) mass is 233 g/mol. The number of nitrogens with zero attached hydrogens (tertiary/aromatic N) is 1. The molecule has 0 fully saturated rings. The van der Waals surface area contributed by atoms with Crippen LogP contribution in [0.4, 0.5) is 0 Å². The fraction of sp³-hybridized carbons (Fsp3) is 0.231. The van der Waals surface area contributed by atoms with Gasteiger partial charge < -0.3 is 10.0 Å². The molecule has 0 aromatic rings. The summed E-state index contributed by atoms with van der Waals surface area (Å²) in [5.41, 5.74) is 0.756. The molecule has 0 spiro atoms. The molecular weight excluding hydrogens is 218 g/mol. The third kappa shape index (κ3) is 4.97. The van der Waals surface area contributed by atoms with Gasteiger partial charge in [0.2, 0.25) is 6.41 Å². The Morgan fingerprint density at radius 1 is 1.24 bits per heavy atom. The number of carboxylic acids is 1. The smallest absolute Gasteiger partial charge is 0.303 e. The Balaban J connectivity index is 2.60. The molecule has 0 bridgehead atoms. The fourth-order valence-corrected chi connectivity index (χ4v) is 1.39. The molecule has 0 radical (unpaired) electrons. The summed E-state index contributed by atoms with van der Waals surface area (Å²) in [4.78, 5) is 22.8. The SMILES string of the molecule is O=CN(CCCC(=O)O)C1=CC=CC=CC=C1. The van der Waals surface area contributed by atoms with Crippen LogP contribution in [0, 0.1) is 0 Å². The second-order valence-electron chi connectivity index (χ2n) is 3.52. The lowest BCUT2D eigenvalue weighted by atomic mass is 10.2. The third-order valence-corrected chi connectivity index (χ3v) is 2.23. The van der Waals surface area contributed by atoms with Crippen molar-refractivity contribution in [3.63, 3.8) is 0 Å². The molecule has 0 atom stereocenters. The molecule has 4 nitrogen and oxygen atoms in total. The topological polar surface area (TPSA) is 57.6 Å². The lowest BCUT2D eigenvalue weighted by molar-refractivity contribution is -0.137. The predicted molar refractivity (Wildman–Crippen MR) is 65.1 cm³/mol. The Kier molecular flexibility index (Phi) is 5.51. The van der Waals surface area contributed by atoms with Crippen LogP contribution in [0.1, 0.15) is 12.8 Å². The third-order valence-electron chi connectivity index (χ3n) is 2.23. The van der Waals surface area contributed by atoms with Crippen LogP contribution >= 0.6 is 0 Å². The van der Waals surface area contributed by atoms with E-state index in [2.05, 4.69) is 0 Å². The Bertz CT molecular complexity index is 391. The van der Waals surface area contributed by atoms with Gasteiger partial charge in [-0.1, -0.05) is 30.4 Å². The van der Waals surface area contributed by atoms with Gasteiger partial charge in [0.05, 0.1) is 0 Å². The highest BCUT2D eigenvalue weighted by molar-refractivity contribution is 5.66. The summed E-state index contributed by atoms with van der Waals surface area (Å²) < 4.78 is 0. The first-order valence-corrected chi connectivity index (χ1v) is 5.39. The summed E-state index contributed by atoms with van der Waals surface area (Å²) in [6.45, 7) is 0.406. The van der Waals surface area contributed by atoms with Crippen LogP contribution in [0.2, 0.25) is 0 Å². The first kappa shape index (κ1) is 13.0. The lowest BCUT2D eigenvalue weighted by Gasteiger charge is -2.17. The predicted octanol–water partition coefficient (Wildman–Crippen LogP) is 1.88. The first-order chi connectivity index (χ1) is 8.24. The van der Waals surface area contributed by atoms with Gasteiger partial charge in [0, 0.05) is 18.7 Å². The van der Waals surface area contributed by atoms with Crippen LogP contribution < -0.4 is 0 Å². The summed E-state index contributed by atoms with van der Waals surface area (Å²) in [5.74, 6) is -0.846. The standard InChI is InChI=1S/C13H15NO3/c15-11-14(10-6-9-13(16)17)12-7-4-2-1-3-5-8-12/h1-5,7-8,11H,6,9-10H2,(H,16,17). The number of rotatable bonds is 6. The van der Waals surface area contributed by atoms with Crippen molar-refractivity contribution in [3.05, 3.63) is 48.2 Å². The minimum Gasteiger partial charge on any atom is -0.481 e. The quantitative estimate of drug-likeness (QED) is 0.712. The van der Waals surface area contributed by atoms with Crippen molar-refractivity contribution in [2.45, 2.75) is 12.8 Å². The first-order valence-electron chi connectivity index (χ1n) is 5.39. The maximum Gasteiger partial charge on any atom is 0.303 e. The van der Waals surface area contributed by atoms with Crippen LogP contribution in [0.25, 0.3) is 0 Å². The molecule has 0 aliphatic heterocycles. The minimum absolute atomic E-state index is 0.0665. The molecule has 17 heavy (non-hydrogen) atoms. The van der Waals surface area contributed by atoms with Gasteiger partial charge in [0.15, 0.2) is 0 Å². The van der Waals surface area contributed by atoms with Gasteiger partial charge >= 0.3 is 5.97 Å². The normalized spacial score (nSPS) is 13.8. The highest BCUT2D eigenvalue weighted by Crippen LogP contribution is 2.08. The molecule has 0 unspecified atom stereocenters. The summed E-state index contributed by atoms with van der Waals surface area (Å²) in [6, 6.07) is 0. The van der Waals surface area contributed by atoms with E-state index in [0.717, 1.165) is 12.1 Å². The fourth-order valence-electron chi connectivity index (χ4n) is 1.39. The largest absolute Gasteiger partial charge is 0.481 e. The van der Waals surface area contributed by atoms with Crippen molar-refractivity contribution < 1.29 is 14.7 Å². The van der Waals surface area contributed by atoms with E-state index in [1.54, 1.807) is 0 Å². The molecule has 0 aromatic carbocycles. The van der Waals surface area contributed by atoms with Crippen LogP contribution in [0.3, 0.4) is 0 Å². The number of carboxylic acid groups (broad SMARTS) is 1. The van der Waals surface area contributed by atoms with E-state index < -0.39 is 5.97 Å². The maximum absolute atomic E-state index is 10.9. The molecule has 1 aliphatic rings. The molecule has 1 N–H and O–H groups in total. The molecule has 0 heterocycles. The van der Waals surface area contributed by atoms with Crippen molar-refractivity contribution in [1.82, 2.24) is 4.90 Å². The Hall–Kier alpha value is -2.10. The van der Waals surface area contributed by atoms with Crippen LogP contribution in [0.15, 0.2) is 48.2 Å². The van der Waals surface area contributed by atoms with E-state index in [1.165, 1.54) is 4.90 Å². The Morgan fingerprint density at radius 3 is 2.65 bits per heavy atom. The van der Waals surface area contributed by atoms with E-state index in [9.17, 15) is 9.59 Å². The average molecular weight is 233 g/mol. The number of amides is 1. The number of carbonyl (C=O) groups is 2. The molecule has 1 amide bonds. The molecule has 0 saturated heterocycles. The van der Waals surface area contributed by atoms with Gasteiger partial charge in [0.25, 0.3) is 0 Å².